The lowest BCUT2D eigenvalue weighted by Gasteiger charge is -2.26. The Hall–Kier alpha value is -2.77. The maximum absolute atomic E-state index is 12.6. The van der Waals surface area contributed by atoms with Crippen LogP contribution in [0.15, 0.2) is 65.1 Å². The monoisotopic (exact) mass is 507 g/mol. The SMILES string of the molecule is Cc1c(C(=O)NCCCCN2CC=C(c3ccccc3)CC2)nnn1Cc1ccccc1Br. The lowest BCUT2D eigenvalue weighted by atomic mass is 9.99. The van der Waals surface area contributed by atoms with E-state index < -0.39 is 0 Å². The lowest BCUT2D eigenvalue weighted by Crippen LogP contribution is -2.30. The second-order valence-electron chi connectivity index (χ2n) is 8.38. The zero-order chi connectivity index (χ0) is 23.0. The summed E-state index contributed by atoms with van der Waals surface area (Å²) in [7, 11) is 0. The van der Waals surface area contributed by atoms with Gasteiger partial charge in [-0.15, -0.1) is 5.10 Å². The molecule has 6 nitrogen and oxygen atoms in total. The van der Waals surface area contributed by atoms with Gasteiger partial charge in [0, 0.05) is 24.1 Å². The number of hydrogen-bond donors (Lipinski definition) is 1. The molecule has 0 radical (unpaired) electrons. The van der Waals surface area contributed by atoms with E-state index in [0.717, 1.165) is 54.6 Å². The molecule has 4 rings (SSSR count). The van der Waals surface area contributed by atoms with Gasteiger partial charge < -0.3 is 5.32 Å². The fourth-order valence-electron chi connectivity index (χ4n) is 4.08. The molecule has 0 saturated heterocycles. The molecule has 0 spiro atoms. The van der Waals surface area contributed by atoms with Crippen molar-refractivity contribution in [1.82, 2.24) is 25.2 Å². The summed E-state index contributed by atoms with van der Waals surface area (Å²) < 4.78 is 2.79. The van der Waals surface area contributed by atoms with E-state index in [2.05, 4.69) is 72.9 Å². The predicted octanol–water partition coefficient (Wildman–Crippen LogP) is 4.70. The van der Waals surface area contributed by atoms with Crippen LogP contribution < -0.4 is 5.32 Å². The van der Waals surface area contributed by atoms with Crippen LogP contribution in [0, 0.1) is 6.92 Å². The van der Waals surface area contributed by atoms with E-state index >= 15 is 0 Å². The van der Waals surface area contributed by atoms with Gasteiger partial charge >= 0.3 is 0 Å². The molecule has 1 amide bonds. The van der Waals surface area contributed by atoms with Gasteiger partial charge in [-0.05, 0) is 55.5 Å². The van der Waals surface area contributed by atoms with E-state index in [1.165, 1.54) is 11.1 Å². The molecule has 2 aromatic carbocycles. The molecular formula is C26H30BrN5O. The molecule has 0 fully saturated rings. The fourth-order valence-corrected chi connectivity index (χ4v) is 4.49. The van der Waals surface area contributed by atoms with Gasteiger partial charge in [0.2, 0.25) is 0 Å². The van der Waals surface area contributed by atoms with Gasteiger partial charge in [0.25, 0.3) is 5.91 Å². The Morgan fingerprint density at radius 2 is 1.88 bits per heavy atom. The number of nitrogens with zero attached hydrogens (tertiary/aromatic N) is 4. The molecule has 0 bridgehead atoms. The lowest BCUT2D eigenvalue weighted by molar-refractivity contribution is 0.0947. The Bertz CT molecular complexity index is 1110. The van der Waals surface area contributed by atoms with Crippen molar-refractivity contribution in [2.75, 3.05) is 26.2 Å². The normalized spacial score (nSPS) is 14.2. The smallest absolute Gasteiger partial charge is 0.273 e. The number of amides is 1. The maximum Gasteiger partial charge on any atom is 0.273 e. The van der Waals surface area contributed by atoms with Gasteiger partial charge in [0.05, 0.1) is 12.2 Å². The fraction of sp³-hybridized carbons (Fsp3) is 0.346. The van der Waals surface area contributed by atoms with Gasteiger partial charge in [-0.1, -0.05) is 75.8 Å². The van der Waals surface area contributed by atoms with Gasteiger partial charge in [0.1, 0.15) is 0 Å². The first-order valence-corrected chi connectivity index (χ1v) is 12.3. The number of hydrogen-bond acceptors (Lipinski definition) is 4. The first-order chi connectivity index (χ1) is 16.1. The Kier molecular flexibility index (Phi) is 8.07. The molecule has 0 saturated carbocycles. The van der Waals surface area contributed by atoms with E-state index in [4.69, 9.17) is 0 Å². The van der Waals surface area contributed by atoms with E-state index in [1.807, 2.05) is 31.2 Å². The van der Waals surface area contributed by atoms with E-state index in [1.54, 1.807) is 4.68 Å². The third-order valence-electron chi connectivity index (χ3n) is 6.10. The number of carbonyl (C=O) groups excluding carboxylic acids is 1. The number of halogens is 1. The maximum atomic E-state index is 12.6. The summed E-state index contributed by atoms with van der Waals surface area (Å²) in [5, 5.41) is 11.3. The largest absolute Gasteiger partial charge is 0.351 e. The summed E-state index contributed by atoms with van der Waals surface area (Å²) >= 11 is 3.56. The summed E-state index contributed by atoms with van der Waals surface area (Å²) in [5.41, 5.74) is 5.06. The van der Waals surface area contributed by atoms with Crippen molar-refractivity contribution in [2.45, 2.75) is 32.7 Å². The summed E-state index contributed by atoms with van der Waals surface area (Å²) in [4.78, 5) is 15.1. The highest BCUT2D eigenvalue weighted by molar-refractivity contribution is 9.10. The molecule has 0 aliphatic carbocycles. The van der Waals surface area contributed by atoms with Crippen LogP contribution in [0.5, 0.6) is 0 Å². The van der Waals surface area contributed by atoms with Gasteiger partial charge in [-0.2, -0.15) is 0 Å². The van der Waals surface area contributed by atoms with Crippen LogP contribution in [0.1, 0.15) is 46.6 Å². The van der Waals surface area contributed by atoms with Crippen LogP contribution in [0.3, 0.4) is 0 Å². The average Bonchev–Trinajstić information content (AvgIpc) is 3.21. The Balaban J connectivity index is 1.18. The van der Waals surface area contributed by atoms with Crippen LogP contribution in [-0.2, 0) is 6.54 Å². The highest BCUT2D eigenvalue weighted by Gasteiger charge is 2.17. The van der Waals surface area contributed by atoms with Crippen molar-refractivity contribution >= 4 is 27.4 Å². The minimum Gasteiger partial charge on any atom is -0.351 e. The minimum atomic E-state index is -0.153. The molecule has 1 aromatic heterocycles. The van der Waals surface area contributed by atoms with Crippen molar-refractivity contribution < 1.29 is 4.79 Å². The molecular weight excluding hydrogens is 478 g/mol. The standard InChI is InChI=1S/C26H30BrN5O/c1-20-25(29-30-32(20)19-23-11-5-6-12-24(23)27)26(33)28-15-7-8-16-31-17-13-22(14-18-31)21-9-3-2-4-10-21/h2-6,9-13H,7-8,14-19H2,1H3,(H,28,33). The van der Waals surface area contributed by atoms with Crippen LogP contribution >= 0.6 is 15.9 Å². The zero-order valence-electron chi connectivity index (χ0n) is 19.0. The molecule has 33 heavy (non-hydrogen) atoms. The quantitative estimate of drug-likeness (QED) is 0.426. The molecule has 3 aromatic rings. The number of carbonyl (C=O) groups is 1. The van der Waals surface area contributed by atoms with E-state index in [-0.39, 0.29) is 5.91 Å². The molecule has 7 heteroatoms. The van der Waals surface area contributed by atoms with Crippen LogP contribution in [0.4, 0.5) is 0 Å². The molecule has 1 aliphatic rings. The second kappa shape index (κ2) is 11.4. The van der Waals surface area contributed by atoms with Crippen molar-refractivity contribution in [3.63, 3.8) is 0 Å². The Labute approximate surface area is 203 Å². The van der Waals surface area contributed by atoms with Crippen molar-refractivity contribution in [3.05, 3.63) is 87.7 Å². The molecule has 0 unspecified atom stereocenters. The van der Waals surface area contributed by atoms with Crippen molar-refractivity contribution in [1.29, 1.82) is 0 Å². The molecule has 1 N–H and O–H groups in total. The highest BCUT2D eigenvalue weighted by Crippen LogP contribution is 2.22. The summed E-state index contributed by atoms with van der Waals surface area (Å²) in [6, 6.07) is 18.6. The van der Waals surface area contributed by atoms with Gasteiger partial charge in [0.15, 0.2) is 5.69 Å². The number of unbranched alkanes of at least 4 members (excludes halogenated alkanes) is 1. The number of rotatable bonds is 9. The van der Waals surface area contributed by atoms with Crippen molar-refractivity contribution in [3.8, 4) is 0 Å². The highest BCUT2D eigenvalue weighted by atomic mass is 79.9. The second-order valence-corrected chi connectivity index (χ2v) is 9.24. The van der Waals surface area contributed by atoms with Gasteiger partial charge in [-0.25, -0.2) is 4.68 Å². The summed E-state index contributed by atoms with van der Waals surface area (Å²) in [5.74, 6) is -0.153. The Morgan fingerprint density at radius 3 is 2.64 bits per heavy atom. The first kappa shape index (κ1) is 23.4. The number of aromatic nitrogens is 3. The summed E-state index contributed by atoms with van der Waals surface area (Å²) in [6.07, 6.45) is 5.44. The molecule has 172 valence electrons. The van der Waals surface area contributed by atoms with Crippen LogP contribution in [0.2, 0.25) is 0 Å². The van der Waals surface area contributed by atoms with Crippen LogP contribution in [-0.4, -0.2) is 52.0 Å². The summed E-state index contributed by atoms with van der Waals surface area (Å²) in [6.45, 7) is 6.25. The average molecular weight is 508 g/mol. The van der Waals surface area contributed by atoms with Crippen LogP contribution in [0.25, 0.3) is 5.57 Å². The zero-order valence-corrected chi connectivity index (χ0v) is 20.6. The topological polar surface area (TPSA) is 63.1 Å². The predicted molar refractivity (Wildman–Crippen MR) is 135 cm³/mol. The first-order valence-electron chi connectivity index (χ1n) is 11.5. The molecule has 0 atom stereocenters. The Morgan fingerprint density at radius 1 is 1.09 bits per heavy atom. The number of benzene rings is 2. The van der Waals surface area contributed by atoms with E-state index in [9.17, 15) is 4.79 Å². The third kappa shape index (κ3) is 6.18. The van der Waals surface area contributed by atoms with E-state index in [0.29, 0.717) is 18.8 Å². The number of nitrogens with one attached hydrogen (secondary N) is 1. The molecule has 1 aliphatic heterocycles. The minimum absolute atomic E-state index is 0.153. The van der Waals surface area contributed by atoms with Crippen molar-refractivity contribution in [2.24, 2.45) is 0 Å². The molecule has 2 heterocycles. The van der Waals surface area contributed by atoms with Gasteiger partial charge in [-0.3, -0.25) is 9.69 Å². The third-order valence-corrected chi connectivity index (χ3v) is 6.87.